The number of thioether (sulfide) groups is 1. The van der Waals surface area contributed by atoms with Crippen molar-refractivity contribution in [2.45, 2.75) is 23.1 Å². The highest BCUT2D eigenvalue weighted by molar-refractivity contribution is 8.00. The van der Waals surface area contributed by atoms with Crippen molar-refractivity contribution in [3.05, 3.63) is 91.3 Å². The number of halogens is 2. The van der Waals surface area contributed by atoms with E-state index in [1.807, 2.05) is 13.0 Å². The van der Waals surface area contributed by atoms with Gasteiger partial charge in [0.15, 0.2) is 21.6 Å². The summed E-state index contributed by atoms with van der Waals surface area (Å²) >= 11 is 16.1. The van der Waals surface area contributed by atoms with E-state index in [2.05, 4.69) is 10.2 Å². The molecule has 0 spiro atoms. The van der Waals surface area contributed by atoms with Crippen LogP contribution < -0.4 is 14.4 Å². The van der Waals surface area contributed by atoms with Crippen LogP contribution in [0.4, 0.5) is 5.13 Å². The first-order valence-corrected chi connectivity index (χ1v) is 15.3. The van der Waals surface area contributed by atoms with Crippen molar-refractivity contribution in [3.8, 4) is 11.5 Å². The van der Waals surface area contributed by atoms with E-state index >= 15 is 0 Å². The first-order chi connectivity index (χ1) is 19.3. The molecule has 1 atom stereocenters. The molecule has 0 aliphatic carbocycles. The van der Waals surface area contributed by atoms with Gasteiger partial charge < -0.3 is 14.6 Å². The maximum absolute atomic E-state index is 13.6. The quantitative estimate of drug-likeness (QED) is 0.110. The number of hydrogen-bond donors (Lipinski definition) is 1. The number of Topliss-reactive ketones (excluding diaryl/α,β-unsaturated/α-hetero) is 1. The summed E-state index contributed by atoms with van der Waals surface area (Å²) in [7, 11) is 1.51. The number of ether oxygens (including phenoxy) is 2. The van der Waals surface area contributed by atoms with E-state index in [1.54, 1.807) is 47.8 Å². The predicted octanol–water partition coefficient (Wildman–Crippen LogP) is 7.39. The summed E-state index contributed by atoms with van der Waals surface area (Å²) in [5.41, 5.74) is 1.36. The van der Waals surface area contributed by atoms with E-state index < -0.39 is 23.5 Å². The highest BCUT2D eigenvalue weighted by Crippen LogP contribution is 2.46. The molecule has 1 unspecified atom stereocenters. The lowest BCUT2D eigenvalue weighted by atomic mass is 9.95. The number of methoxy groups -OCH3 is 1. The van der Waals surface area contributed by atoms with Crippen LogP contribution in [-0.4, -0.2) is 40.7 Å². The highest BCUT2D eigenvalue weighted by Gasteiger charge is 2.46. The highest BCUT2D eigenvalue weighted by atomic mass is 35.5. The van der Waals surface area contributed by atoms with Gasteiger partial charge in [0, 0.05) is 15.8 Å². The number of hydrogen-bond acceptors (Lipinski definition) is 10. The molecule has 1 N–H and O–H groups in total. The van der Waals surface area contributed by atoms with Crippen LogP contribution in [-0.2, 0) is 10.5 Å². The van der Waals surface area contributed by atoms with Crippen molar-refractivity contribution < 1.29 is 24.2 Å². The zero-order valence-electron chi connectivity index (χ0n) is 21.1. The smallest absolute Gasteiger partial charge is 0.296 e. The summed E-state index contributed by atoms with van der Waals surface area (Å²) in [6.45, 7) is 2.29. The van der Waals surface area contributed by atoms with E-state index in [-0.39, 0.29) is 10.7 Å². The Hall–Kier alpha value is -3.09. The van der Waals surface area contributed by atoms with Crippen LogP contribution in [0.25, 0.3) is 0 Å². The Morgan fingerprint density at radius 1 is 1.15 bits per heavy atom. The van der Waals surface area contributed by atoms with Gasteiger partial charge in [-0.3, -0.25) is 14.5 Å². The number of amides is 1. The molecule has 40 heavy (non-hydrogen) atoms. The number of thiophene rings is 1. The molecule has 3 heterocycles. The van der Waals surface area contributed by atoms with Gasteiger partial charge >= 0.3 is 0 Å². The van der Waals surface area contributed by atoms with Crippen molar-refractivity contribution in [1.82, 2.24) is 10.2 Å². The van der Waals surface area contributed by atoms with E-state index in [0.29, 0.717) is 48.7 Å². The fourth-order valence-corrected chi connectivity index (χ4v) is 7.26. The minimum atomic E-state index is -0.969. The molecular formula is C27H21Cl2N3O5S3. The molecule has 1 aliphatic heterocycles. The molecule has 13 heteroatoms. The van der Waals surface area contributed by atoms with Crippen molar-refractivity contribution in [3.63, 3.8) is 0 Å². The number of anilines is 1. The molecule has 2 aromatic carbocycles. The minimum Gasteiger partial charge on any atom is -0.503 e. The lowest BCUT2D eigenvalue weighted by Crippen LogP contribution is -2.31. The maximum atomic E-state index is 13.6. The van der Waals surface area contributed by atoms with Gasteiger partial charge in [0.2, 0.25) is 10.9 Å². The van der Waals surface area contributed by atoms with Gasteiger partial charge in [0.1, 0.15) is 0 Å². The molecule has 1 aliphatic rings. The average Bonchev–Trinajstić information content (AvgIpc) is 3.69. The minimum absolute atomic E-state index is 0.0454. The van der Waals surface area contributed by atoms with Gasteiger partial charge in [-0.25, -0.2) is 0 Å². The topological polar surface area (TPSA) is 102 Å². The number of aliphatic hydroxyl groups is 1. The fourth-order valence-electron chi connectivity index (χ4n) is 4.16. The Morgan fingerprint density at radius 2 is 1.98 bits per heavy atom. The summed E-state index contributed by atoms with van der Waals surface area (Å²) in [6, 6.07) is 12.8. The zero-order chi connectivity index (χ0) is 28.4. The van der Waals surface area contributed by atoms with Crippen LogP contribution in [0.5, 0.6) is 11.5 Å². The molecule has 0 bridgehead atoms. The average molecular weight is 635 g/mol. The van der Waals surface area contributed by atoms with Gasteiger partial charge in [-0.05, 0) is 53.8 Å². The van der Waals surface area contributed by atoms with E-state index in [4.69, 9.17) is 32.7 Å². The van der Waals surface area contributed by atoms with E-state index in [9.17, 15) is 14.7 Å². The molecule has 206 valence electrons. The molecule has 2 aromatic heterocycles. The van der Waals surface area contributed by atoms with Crippen molar-refractivity contribution in [2.75, 3.05) is 18.6 Å². The number of nitrogens with zero attached hydrogens (tertiary/aromatic N) is 3. The molecule has 5 rings (SSSR count). The Balaban J connectivity index is 1.52. The number of benzene rings is 2. The lowest BCUT2D eigenvalue weighted by molar-refractivity contribution is -0.117. The van der Waals surface area contributed by atoms with Gasteiger partial charge in [-0.2, -0.15) is 0 Å². The maximum Gasteiger partial charge on any atom is 0.296 e. The van der Waals surface area contributed by atoms with Gasteiger partial charge in [0.05, 0.1) is 30.2 Å². The van der Waals surface area contributed by atoms with E-state index in [1.165, 1.54) is 46.4 Å². The first kappa shape index (κ1) is 28.4. The number of aliphatic hydroxyl groups excluding tert-OH is 1. The Bertz CT molecular complexity index is 1610. The molecule has 0 radical (unpaired) electrons. The molecule has 0 fully saturated rings. The monoisotopic (exact) mass is 633 g/mol. The second kappa shape index (κ2) is 12.2. The largest absolute Gasteiger partial charge is 0.503 e. The number of carbonyl (C=O) groups is 2. The lowest BCUT2D eigenvalue weighted by Gasteiger charge is -2.24. The summed E-state index contributed by atoms with van der Waals surface area (Å²) < 4.78 is 11.7. The first-order valence-electron chi connectivity index (χ1n) is 11.9. The second-order valence-corrected chi connectivity index (χ2v) is 12.3. The normalized spacial score (nSPS) is 15.2. The summed E-state index contributed by atoms with van der Waals surface area (Å²) in [5.74, 6) is -0.379. The molecule has 1 amide bonds. The summed E-state index contributed by atoms with van der Waals surface area (Å²) in [4.78, 5) is 28.7. The van der Waals surface area contributed by atoms with Gasteiger partial charge in [-0.1, -0.05) is 64.5 Å². The Kier molecular flexibility index (Phi) is 8.67. The summed E-state index contributed by atoms with van der Waals surface area (Å²) in [5, 5.41) is 22.6. The Labute approximate surface area is 252 Å². The standard InChI is InChI=1S/C27H21Cl2N3O5S3/c1-3-37-18-9-7-14(11-19(18)36-2)22-21(23(33)20-5-4-10-38-20)24(34)25(35)32(22)26-30-31-27(40-26)39-13-15-6-8-16(28)12-17(15)29/h4-12,22,34H,3,13H2,1-2H3. The van der Waals surface area contributed by atoms with Crippen molar-refractivity contribution in [2.24, 2.45) is 0 Å². The van der Waals surface area contributed by atoms with Crippen molar-refractivity contribution >= 4 is 74.5 Å². The molecule has 0 saturated heterocycles. The second-order valence-electron chi connectivity index (χ2n) is 8.36. The molecule has 8 nitrogen and oxygen atoms in total. The summed E-state index contributed by atoms with van der Waals surface area (Å²) in [6.07, 6.45) is 0. The number of aromatic nitrogens is 2. The molecular weight excluding hydrogens is 613 g/mol. The van der Waals surface area contributed by atoms with Crippen LogP contribution in [0.1, 0.15) is 33.8 Å². The van der Waals surface area contributed by atoms with Crippen LogP contribution in [0.2, 0.25) is 10.0 Å². The number of rotatable bonds is 10. The van der Waals surface area contributed by atoms with Gasteiger partial charge in [0.25, 0.3) is 5.91 Å². The predicted molar refractivity (Wildman–Crippen MR) is 159 cm³/mol. The number of carbonyl (C=O) groups excluding carboxylic acids is 2. The third-order valence-electron chi connectivity index (χ3n) is 5.97. The van der Waals surface area contributed by atoms with Crippen LogP contribution in [0.3, 0.4) is 0 Å². The SMILES string of the molecule is CCOc1ccc(C2C(C(=O)c3cccs3)=C(O)C(=O)N2c2nnc(SCc3ccc(Cl)cc3Cl)s2)cc1OC. The van der Waals surface area contributed by atoms with Gasteiger partial charge in [-0.15, -0.1) is 21.5 Å². The third kappa shape index (κ3) is 5.57. The Morgan fingerprint density at radius 3 is 2.67 bits per heavy atom. The van der Waals surface area contributed by atoms with E-state index in [0.717, 1.165) is 5.56 Å². The van der Waals surface area contributed by atoms with Crippen molar-refractivity contribution in [1.29, 1.82) is 0 Å². The van der Waals surface area contributed by atoms with Crippen LogP contribution >= 0.6 is 57.6 Å². The molecule has 0 saturated carbocycles. The zero-order valence-corrected chi connectivity index (χ0v) is 25.1. The van der Waals surface area contributed by atoms with Crippen LogP contribution in [0, 0.1) is 0 Å². The van der Waals surface area contributed by atoms with Crippen LogP contribution in [0.15, 0.2) is 69.6 Å². The number of ketones is 1. The molecule has 4 aromatic rings. The fraction of sp³-hybridized carbons (Fsp3) is 0.185. The third-order valence-corrected chi connectivity index (χ3v) is 9.53.